The summed E-state index contributed by atoms with van der Waals surface area (Å²) in [5.74, 6) is -12.1. The number of carbonyl (C=O) groups excluding carboxylic acids is 5. The van der Waals surface area contributed by atoms with Gasteiger partial charge in [-0.25, -0.2) is 4.79 Å². The first kappa shape index (κ1) is 38.5. The molecule has 55 heavy (non-hydrogen) atoms. The van der Waals surface area contributed by atoms with Crippen molar-refractivity contribution in [3.8, 4) is 0 Å². The Bertz CT molecular complexity index is 1800. The topological polar surface area (TPSA) is 277 Å². The second-order valence-electron chi connectivity index (χ2n) is 18.0. The molecule has 8 fully saturated rings. The van der Waals surface area contributed by atoms with Crippen LogP contribution in [0.4, 0.5) is 0 Å². The molecule has 0 radical (unpaired) electrons. The Morgan fingerprint density at radius 1 is 0.945 bits per heavy atom. The van der Waals surface area contributed by atoms with E-state index in [-0.39, 0.29) is 25.8 Å². The molecule has 8 aliphatic rings. The molecule has 18 heteroatoms. The Balaban J connectivity index is 1.37. The lowest BCUT2D eigenvalue weighted by Crippen LogP contribution is -2.80. The fourth-order valence-electron chi connectivity index (χ4n) is 13.4. The van der Waals surface area contributed by atoms with Crippen LogP contribution in [-0.2, 0) is 52.4 Å². The molecule has 18 nitrogen and oxygen atoms in total. The van der Waals surface area contributed by atoms with E-state index >= 15 is 0 Å². The van der Waals surface area contributed by atoms with Crippen molar-refractivity contribution >= 4 is 29.7 Å². The van der Waals surface area contributed by atoms with Gasteiger partial charge in [-0.05, 0) is 44.1 Å². The molecule has 3 heterocycles. The summed E-state index contributed by atoms with van der Waals surface area (Å²) in [5, 5.41) is 52.5. The van der Waals surface area contributed by atoms with E-state index in [2.05, 4.69) is 10.0 Å². The zero-order chi connectivity index (χ0) is 40.2. The summed E-state index contributed by atoms with van der Waals surface area (Å²) < 4.78 is 36.7. The Hall–Kier alpha value is -3.38. The molecule has 5 aliphatic carbocycles. The number of rotatable bonds is 8. The van der Waals surface area contributed by atoms with Crippen molar-refractivity contribution in [1.82, 2.24) is 0 Å². The molecule has 0 bridgehead atoms. The summed E-state index contributed by atoms with van der Waals surface area (Å²) in [5.41, 5.74) is -0.933. The van der Waals surface area contributed by atoms with Crippen LogP contribution in [0.25, 0.3) is 10.4 Å². The second kappa shape index (κ2) is 11.8. The van der Waals surface area contributed by atoms with E-state index in [1.165, 1.54) is 20.8 Å². The summed E-state index contributed by atoms with van der Waals surface area (Å²) >= 11 is 0. The Morgan fingerprint density at radius 3 is 2.25 bits per heavy atom. The van der Waals surface area contributed by atoms with Gasteiger partial charge in [0.2, 0.25) is 5.79 Å². The molecular weight excluding hydrogens is 726 g/mol. The van der Waals surface area contributed by atoms with Crippen LogP contribution in [0.15, 0.2) is 5.11 Å². The number of hydrogen-bond donors (Lipinski definition) is 4. The molecular formula is C37H49N3O15. The number of esters is 4. The number of fused-ring (bicyclic) bond motifs is 9. The van der Waals surface area contributed by atoms with Crippen LogP contribution in [0, 0.1) is 51.8 Å². The van der Waals surface area contributed by atoms with Crippen LogP contribution in [0.5, 0.6) is 0 Å². The monoisotopic (exact) mass is 775 g/mol. The number of nitrogens with zero attached hydrogens (tertiary/aromatic N) is 3. The maximum atomic E-state index is 14.6. The quantitative estimate of drug-likeness (QED) is 0.0501. The predicted molar refractivity (Wildman–Crippen MR) is 179 cm³/mol. The lowest BCUT2D eigenvalue weighted by molar-refractivity contribution is -0.296. The Kier molecular flexibility index (Phi) is 8.28. The molecule has 8 rings (SSSR count). The normalized spacial score (nSPS) is 54.7. The zero-order valence-corrected chi connectivity index (χ0v) is 31.7. The van der Waals surface area contributed by atoms with Gasteiger partial charge in [-0.2, -0.15) is 0 Å². The van der Waals surface area contributed by atoms with Crippen molar-refractivity contribution < 1.29 is 72.8 Å². The largest absolute Gasteiger partial charge is 0.462 e. The lowest BCUT2D eigenvalue weighted by atomic mass is 9.39. The number of unbranched alkanes of at least 4 members (excludes halogenated alkanes) is 1. The first-order valence-corrected chi connectivity index (χ1v) is 19.1. The van der Waals surface area contributed by atoms with Crippen molar-refractivity contribution in [2.75, 3.05) is 6.54 Å². The molecule has 0 aromatic carbocycles. The van der Waals surface area contributed by atoms with Crippen LogP contribution in [0.2, 0.25) is 0 Å². The summed E-state index contributed by atoms with van der Waals surface area (Å²) in [4.78, 5) is 71.3. The van der Waals surface area contributed by atoms with Gasteiger partial charge in [-0.1, -0.05) is 25.9 Å². The minimum Gasteiger partial charge on any atom is -0.462 e. The summed E-state index contributed by atoms with van der Waals surface area (Å²) in [6.07, 6.45) is -9.79. The molecule has 3 saturated heterocycles. The van der Waals surface area contributed by atoms with Gasteiger partial charge < -0.3 is 48.8 Å². The van der Waals surface area contributed by atoms with Gasteiger partial charge in [0.05, 0.1) is 17.6 Å². The third kappa shape index (κ3) is 4.47. The smallest absolute Gasteiger partial charge is 0.341 e. The van der Waals surface area contributed by atoms with Gasteiger partial charge in [-0.15, -0.1) is 0 Å². The van der Waals surface area contributed by atoms with Gasteiger partial charge in [-0.3, -0.25) is 19.2 Å². The Morgan fingerprint density at radius 2 is 1.62 bits per heavy atom. The maximum Gasteiger partial charge on any atom is 0.341 e. The summed E-state index contributed by atoms with van der Waals surface area (Å²) in [6, 6.07) is 0. The molecule has 0 amide bonds. The molecule has 5 saturated carbocycles. The van der Waals surface area contributed by atoms with E-state index in [9.17, 15) is 44.4 Å². The van der Waals surface area contributed by atoms with E-state index in [0.29, 0.717) is 6.42 Å². The highest BCUT2D eigenvalue weighted by Gasteiger charge is 2.94. The molecule has 0 aromatic heterocycles. The van der Waals surface area contributed by atoms with Gasteiger partial charge in [0, 0.05) is 72.6 Å². The SMILES string of the molecule is CC(=O)O[C@H]1[C@H]2[C@H]([C@@H]3[C@@H](OC(=O)CCCCN=[N+]=[N-])[C@@H]4[C@H]([C@H](C)[C@H]5O[C@]56OC(=O)[C@@](C)(O)[C@]46C)[C@@]3(C)[C@H]1OC(C)=O)[C@@H](O)C(=O)[C@@]1(O)C[C@@H]3O[C@@H]3[C@H](O)[C@]21C. The number of aliphatic hydroxyl groups is 4. The minimum absolute atomic E-state index is 0.132. The van der Waals surface area contributed by atoms with E-state index in [1.54, 1.807) is 13.8 Å². The lowest BCUT2D eigenvalue weighted by Gasteiger charge is -2.66. The first-order chi connectivity index (χ1) is 25.6. The second-order valence-corrected chi connectivity index (χ2v) is 18.0. The van der Waals surface area contributed by atoms with Gasteiger partial charge in [0.1, 0.15) is 42.2 Å². The number of hydrogen-bond acceptors (Lipinski definition) is 16. The number of azide groups is 1. The number of ketones is 1. The first-order valence-electron chi connectivity index (χ1n) is 19.1. The highest BCUT2D eigenvalue weighted by atomic mass is 16.8. The number of epoxide rings is 2. The highest BCUT2D eigenvalue weighted by Crippen LogP contribution is 2.81. The van der Waals surface area contributed by atoms with Crippen molar-refractivity contribution in [3.63, 3.8) is 0 Å². The molecule has 0 unspecified atom stereocenters. The van der Waals surface area contributed by atoms with E-state index in [4.69, 9.17) is 34.0 Å². The van der Waals surface area contributed by atoms with Crippen LogP contribution in [-0.4, -0.2) is 122 Å². The van der Waals surface area contributed by atoms with Crippen LogP contribution in [0.1, 0.15) is 74.1 Å². The summed E-state index contributed by atoms with van der Waals surface area (Å²) in [6.45, 7) is 10.4. The van der Waals surface area contributed by atoms with Crippen molar-refractivity contribution in [3.05, 3.63) is 10.4 Å². The summed E-state index contributed by atoms with van der Waals surface area (Å²) in [7, 11) is 0. The number of ether oxygens (including phenoxy) is 6. The highest BCUT2D eigenvalue weighted by molar-refractivity contribution is 5.94. The molecule has 1 spiro atoms. The van der Waals surface area contributed by atoms with Crippen LogP contribution in [0.3, 0.4) is 0 Å². The zero-order valence-electron chi connectivity index (χ0n) is 31.7. The fourth-order valence-corrected chi connectivity index (χ4v) is 13.4. The fraction of sp³-hybridized carbons (Fsp3) is 0.865. The number of carbonyl (C=O) groups is 5. The van der Waals surface area contributed by atoms with E-state index in [0.717, 1.165) is 6.92 Å². The molecule has 20 atom stereocenters. The Labute approximate surface area is 316 Å². The standard InChI is InChI=1S/C37H49N3O15/c1-13-19-22(34(6)35(7,48)31(47)55-37(34)29(13)54-37)25(53-17(43)10-8-9-11-39-40-38)20-18-21(26(50-14(2)41)30(32(19,20)4)51-15(3)42)33(5)28(46)24-16(52-24)12-36(33,49)27(45)23(18)44/h13,16,18-26,28-30,44,46,48-49H,8-12H2,1-7H3/t13-,16-,18-,19-,20+,21+,22-,23+,24-,25+,26-,28-,29+,30-,32+,33-,34-,35+,36-,37-/m0/s1. The molecule has 302 valence electrons. The average Bonchev–Trinajstić information content (AvgIpc) is 4.01. The molecule has 3 aliphatic heterocycles. The van der Waals surface area contributed by atoms with Gasteiger partial charge in [0.25, 0.3) is 0 Å². The molecule has 4 N–H and O–H groups in total. The van der Waals surface area contributed by atoms with E-state index < -0.39 is 147 Å². The predicted octanol–water partition coefficient (Wildman–Crippen LogP) is 0.629. The third-order valence-corrected chi connectivity index (χ3v) is 15.8. The average molecular weight is 776 g/mol. The van der Waals surface area contributed by atoms with E-state index in [1.807, 2.05) is 6.92 Å². The van der Waals surface area contributed by atoms with Crippen molar-refractivity contribution in [2.45, 2.75) is 140 Å². The van der Waals surface area contributed by atoms with Crippen molar-refractivity contribution in [2.24, 2.45) is 56.9 Å². The van der Waals surface area contributed by atoms with Gasteiger partial charge in [0.15, 0.2) is 11.4 Å². The van der Waals surface area contributed by atoms with Crippen molar-refractivity contribution in [1.29, 1.82) is 0 Å². The minimum atomic E-state index is -2.39. The molecule has 0 aromatic rings. The maximum absolute atomic E-state index is 14.6. The third-order valence-electron chi connectivity index (χ3n) is 15.8. The van der Waals surface area contributed by atoms with Gasteiger partial charge >= 0.3 is 23.9 Å². The number of Topliss-reactive ketones (excluding diaryl/α,β-unsaturated/α-hetero) is 1. The number of aliphatic hydroxyl groups excluding tert-OH is 2. The van der Waals surface area contributed by atoms with Crippen LogP contribution >= 0.6 is 0 Å². The van der Waals surface area contributed by atoms with Crippen LogP contribution < -0.4 is 0 Å².